The zero-order chi connectivity index (χ0) is 14.1. The number of carbonyl (C=O) groups is 1. The van der Waals surface area contributed by atoms with Crippen molar-refractivity contribution in [1.29, 1.82) is 0 Å². The quantitative estimate of drug-likeness (QED) is 0.789. The van der Waals surface area contributed by atoms with Crippen molar-refractivity contribution in [3.8, 4) is 0 Å². The summed E-state index contributed by atoms with van der Waals surface area (Å²) in [5, 5.41) is 13.3. The Morgan fingerprint density at radius 1 is 1.15 bits per heavy atom. The van der Waals surface area contributed by atoms with Gasteiger partial charge >= 0.3 is 0 Å². The molecule has 3 nitrogen and oxygen atoms in total. The normalized spacial score (nSPS) is 15.4. The molecule has 0 aromatic heterocycles. The lowest BCUT2D eigenvalue weighted by molar-refractivity contribution is 0.0945. The maximum atomic E-state index is 11.9. The molecule has 2 N–H and O–H groups in total. The van der Waals surface area contributed by atoms with Crippen LogP contribution in [0.4, 0.5) is 0 Å². The van der Waals surface area contributed by atoms with Crippen molar-refractivity contribution in [2.75, 3.05) is 6.54 Å². The molecule has 0 fully saturated rings. The molecule has 1 atom stereocenters. The Bertz CT molecular complexity index is 669. The minimum absolute atomic E-state index is 0.0528. The number of aliphatic hydroxyl groups is 1. The van der Waals surface area contributed by atoms with Crippen LogP contribution in [-0.4, -0.2) is 17.6 Å². The first kappa shape index (κ1) is 13.6. The minimum Gasteiger partial charge on any atom is -0.384 e. The minimum atomic E-state index is -0.704. The van der Waals surface area contributed by atoms with Gasteiger partial charge in [0.25, 0.3) is 5.91 Å². The molecule has 1 unspecified atom stereocenters. The maximum Gasteiger partial charge on any atom is 0.251 e. The van der Waals surface area contributed by atoms with Crippen LogP contribution in [-0.2, 0) is 6.42 Å². The molecule has 0 radical (unpaired) electrons. The van der Waals surface area contributed by atoms with Crippen LogP contribution in [0.25, 0.3) is 0 Å². The lowest BCUT2D eigenvalue weighted by atomic mass is 9.94. The molecule has 20 heavy (non-hydrogen) atoms. The van der Waals surface area contributed by atoms with Gasteiger partial charge in [0, 0.05) is 15.7 Å². The van der Waals surface area contributed by atoms with Crippen LogP contribution in [0.3, 0.4) is 0 Å². The molecule has 2 aromatic carbocycles. The van der Waals surface area contributed by atoms with Crippen LogP contribution >= 0.6 is 22.6 Å². The summed E-state index contributed by atoms with van der Waals surface area (Å²) in [5.41, 5.74) is 3.32. The zero-order valence-electron chi connectivity index (χ0n) is 10.8. The Kier molecular flexibility index (Phi) is 3.76. The summed E-state index contributed by atoms with van der Waals surface area (Å²) in [6.45, 7) is 0.685. The third kappa shape index (κ3) is 2.58. The van der Waals surface area contributed by atoms with Crippen molar-refractivity contribution in [2.24, 2.45) is 0 Å². The highest BCUT2D eigenvalue weighted by Gasteiger charge is 2.19. The van der Waals surface area contributed by atoms with Crippen LogP contribution in [0.2, 0.25) is 0 Å². The number of halogens is 1. The van der Waals surface area contributed by atoms with E-state index in [2.05, 4.69) is 27.9 Å². The van der Waals surface area contributed by atoms with E-state index in [4.69, 9.17) is 0 Å². The number of nitrogens with one attached hydrogen (secondary N) is 1. The SMILES string of the molecule is O=C1NCCc2ccc(C(O)c3cccc(I)c3)cc21. The largest absolute Gasteiger partial charge is 0.384 e. The van der Waals surface area contributed by atoms with Gasteiger partial charge in [0.1, 0.15) is 6.10 Å². The average molecular weight is 379 g/mol. The lowest BCUT2D eigenvalue weighted by Gasteiger charge is -2.19. The molecule has 0 spiro atoms. The molecule has 3 rings (SSSR count). The van der Waals surface area contributed by atoms with E-state index in [1.54, 1.807) is 6.07 Å². The van der Waals surface area contributed by atoms with Gasteiger partial charge in [-0.05, 0) is 63.9 Å². The molecule has 0 aliphatic carbocycles. The summed E-state index contributed by atoms with van der Waals surface area (Å²) in [4.78, 5) is 11.9. The number of benzene rings is 2. The third-order valence-electron chi connectivity index (χ3n) is 3.54. The number of amides is 1. The number of carbonyl (C=O) groups excluding carboxylic acids is 1. The fraction of sp³-hybridized carbons (Fsp3) is 0.188. The van der Waals surface area contributed by atoms with Crippen LogP contribution in [0.5, 0.6) is 0 Å². The Morgan fingerprint density at radius 2 is 1.95 bits per heavy atom. The van der Waals surface area contributed by atoms with Crippen LogP contribution in [0.1, 0.15) is 33.2 Å². The van der Waals surface area contributed by atoms with Crippen LogP contribution < -0.4 is 5.32 Å². The van der Waals surface area contributed by atoms with Crippen molar-refractivity contribution in [3.63, 3.8) is 0 Å². The summed E-state index contributed by atoms with van der Waals surface area (Å²) < 4.78 is 1.08. The monoisotopic (exact) mass is 379 g/mol. The van der Waals surface area contributed by atoms with Crippen molar-refractivity contribution in [2.45, 2.75) is 12.5 Å². The fourth-order valence-corrected chi connectivity index (χ4v) is 3.04. The van der Waals surface area contributed by atoms with Gasteiger partial charge in [-0.3, -0.25) is 4.79 Å². The first-order valence-corrected chi connectivity index (χ1v) is 7.57. The molecular weight excluding hydrogens is 365 g/mol. The number of rotatable bonds is 2. The van der Waals surface area contributed by atoms with Crippen LogP contribution in [0, 0.1) is 3.57 Å². The van der Waals surface area contributed by atoms with Crippen molar-refractivity contribution < 1.29 is 9.90 Å². The second kappa shape index (κ2) is 5.54. The van der Waals surface area contributed by atoms with Gasteiger partial charge in [0.05, 0.1) is 0 Å². The predicted octanol–water partition coefficient (Wildman–Crippen LogP) is 2.66. The number of hydrogen-bond donors (Lipinski definition) is 2. The molecule has 4 heteroatoms. The first-order chi connectivity index (χ1) is 9.65. The van der Waals surface area contributed by atoms with Crippen molar-refractivity contribution >= 4 is 28.5 Å². The molecule has 0 bridgehead atoms. The van der Waals surface area contributed by atoms with Gasteiger partial charge in [-0.2, -0.15) is 0 Å². The molecule has 102 valence electrons. The number of aliphatic hydroxyl groups excluding tert-OH is 1. The van der Waals surface area contributed by atoms with Gasteiger partial charge in [-0.1, -0.05) is 24.3 Å². The van der Waals surface area contributed by atoms with Gasteiger partial charge in [0.2, 0.25) is 0 Å². The molecule has 1 amide bonds. The number of hydrogen-bond acceptors (Lipinski definition) is 2. The summed E-state index contributed by atoms with van der Waals surface area (Å²) in [6, 6.07) is 13.4. The molecule has 2 aromatic rings. The Balaban J connectivity index is 1.98. The highest BCUT2D eigenvalue weighted by Crippen LogP contribution is 2.26. The summed E-state index contributed by atoms with van der Waals surface area (Å²) in [7, 11) is 0. The Labute approximate surface area is 131 Å². The zero-order valence-corrected chi connectivity index (χ0v) is 12.9. The smallest absolute Gasteiger partial charge is 0.251 e. The molecule has 0 saturated heterocycles. The topological polar surface area (TPSA) is 49.3 Å². The second-order valence-electron chi connectivity index (χ2n) is 4.88. The summed E-state index contributed by atoms with van der Waals surface area (Å²) >= 11 is 2.22. The fourth-order valence-electron chi connectivity index (χ4n) is 2.47. The predicted molar refractivity (Wildman–Crippen MR) is 85.7 cm³/mol. The Hall–Kier alpha value is -1.40. The summed E-state index contributed by atoms with van der Waals surface area (Å²) in [6.07, 6.45) is 0.144. The standard InChI is InChI=1S/C16H14INO2/c17-13-3-1-2-11(8-13)15(19)12-5-4-10-6-7-18-16(20)14(10)9-12/h1-5,8-9,15,19H,6-7H2,(H,18,20). The Morgan fingerprint density at radius 3 is 2.75 bits per heavy atom. The van der Waals surface area contributed by atoms with E-state index in [1.165, 1.54) is 0 Å². The highest BCUT2D eigenvalue weighted by atomic mass is 127. The van der Waals surface area contributed by atoms with E-state index in [9.17, 15) is 9.90 Å². The van der Waals surface area contributed by atoms with E-state index in [0.717, 1.165) is 26.7 Å². The molecule has 1 aliphatic heterocycles. The molecular formula is C16H14INO2. The lowest BCUT2D eigenvalue weighted by Crippen LogP contribution is -2.31. The average Bonchev–Trinajstić information content (AvgIpc) is 2.47. The van der Waals surface area contributed by atoms with E-state index < -0.39 is 6.10 Å². The van der Waals surface area contributed by atoms with Crippen molar-refractivity contribution in [3.05, 3.63) is 68.3 Å². The van der Waals surface area contributed by atoms with Gasteiger partial charge < -0.3 is 10.4 Å². The van der Waals surface area contributed by atoms with Crippen LogP contribution in [0.15, 0.2) is 42.5 Å². The van der Waals surface area contributed by atoms with Gasteiger partial charge in [-0.15, -0.1) is 0 Å². The molecule has 0 saturated carbocycles. The number of fused-ring (bicyclic) bond motifs is 1. The second-order valence-corrected chi connectivity index (χ2v) is 6.13. The summed E-state index contributed by atoms with van der Waals surface area (Å²) in [5.74, 6) is -0.0528. The van der Waals surface area contributed by atoms with E-state index in [1.807, 2.05) is 36.4 Å². The first-order valence-electron chi connectivity index (χ1n) is 6.50. The van der Waals surface area contributed by atoms with E-state index in [-0.39, 0.29) is 5.91 Å². The third-order valence-corrected chi connectivity index (χ3v) is 4.21. The highest BCUT2D eigenvalue weighted by molar-refractivity contribution is 14.1. The maximum absolute atomic E-state index is 11.9. The van der Waals surface area contributed by atoms with Gasteiger partial charge in [-0.25, -0.2) is 0 Å². The molecule has 1 heterocycles. The van der Waals surface area contributed by atoms with Crippen molar-refractivity contribution in [1.82, 2.24) is 5.32 Å². The van der Waals surface area contributed by atoms with E-state index >= 15 is 0 Å². The van der Waals surface area contributed by atoms with E-state index in [0.29, 0.717) is 12.1 Å². The molecule has 1 aliphatic rings. The van der Waals surface area contributed by atoms with Gasteiger partial charge in [0.15, 0.2) is 0 Å².